The lowest BCUT2D eigenvalue weighted by Gasteiger charge is -2.35. The van der Waals surface area contributed by atoms with Gasteiger partial charge in [0.15, 0.2) is 0 Å². The molecular formula is C22H21ClFN3O2. The summed E-state index contributed by atoms with van der Waals surface area (Å²) in [7, 11) is 3.52. The van der Waals surface area contributed by atoms with Crippen molar-refractivity contribution in [1.29, 1.82) is 0 Å². The summed E-state index contributed by atoms with van der Waals surface area (Å²) >= 11 is 5.82. The Morgan fingerprint density at radius 2 is 1.97 bits per heavy atom. The zero-order valence-corrected chi connectivity index (χ0v) is 17.0. The molecule has 3 aromatic rings. The van der Waals surface area contributed by atoms with Crippen LogP contribution >= 0.6 is 11.6 Å². The Kier molecular flexibility index (Phi) is 5.04. The SMILES string of the molecule is CN(C(=O)Nc1ccc(F)c(Cl)c1)[C@H]1CCCc2c1c1ccccc1c(=O)n2C. The minimum absolute atomic E-state index is 0.0203. The van der Waals surface area contributed by atoms with E-state index in [1.807, 2.05) is 24.3 Å². The van der Waals surface area contributed by atoms with Crippen molar-refractivity contribution in [3.05, 3.63) is 74.9 Å². The van der Waals surface area contributed by atoms with Crippen molar-refractivity contribution in [3.8, 4) is 0 Å². The lowest BCUT2D eigenvalue weighted by molar-refractivity contribution is 0.197. The van der Waals surface area contributed by atoms with Crippen LogP contribution in [0.3, 0.4) is 0 Å². The molecule has 1 aliphatic rings. The summed E-state index contributed by atoms with van der Waals surface area (Å²) in [6.45, 7) is 0. The molecule has 1 N–H and O–H groups in total. The van der Waals surface area contributed by atoms with Gasteiger partial charge < -0.3 is 14.8 Å². The van der Waals surface area contributed by atoms with Crippen LogP contribution in [0.5, 0.6) is 0 Å². The third-order valence-corrected chi connectivity index (χ3v) is 5.94. The standard InChI is InChI=1S/C22H21ClFN3O2/c1-26-18-8-5-9-19(20(18)14-6-3-4-7-15(14)21(26)28)27(2)22(29)25-13-10-11-17(24)16(23)12-13/h3-4,6-7,10-12,19H,5,8-9H2,1-2H3,(H,25,29)/t19-/m0/s1. The second-order valence-electron chi connectivity index (χ2n) is 7.35. The van der Waals surface area contributed by atoms with Gasteiger partial charge in [-0.3, -0.25) is 4.79 Å². The van der Waals surface area contributed by atoms with Crippen LogP contribution in [0.4, 0.5) is 14.9 Å². The second kappa shape index (κ2) is 7.52. The number of fused-ring (bicyclic) bond motifs is 3. The zero-order chi connectivity index (χ0) is 20.7. The molecule has 0 spiro atoms. The number of carbonyl (C=O) groups excluding carboxylic acids is 1. The number of nitrogens with one attached hydrogen (secondary N) is 1. The number of aromatic nitrogens is 1. The Morgan fingerprint density at radius 1 is 1.24 bits per heavy atom. The first-order chi connectivity index (χ1) is 13.9. The number of anilines is 1. The fraction of sp³-hybridized carbons (Fsp3) is 0.273. The van der Waals surface area contributed by atoms with Gasteiger partial charge in [-0.05, 0) is 48.9 Å². The van der Waals surface area contributed by atoms with E-state index in [-0.39, 0.29) is 22.7 Å². The summed E-state index contributed by atoms with van der Waals surface area (Å²) in [5.74, 6) is -0.536. The first-order valence-corrected chi connectivity index (χ1v) is 9.85. The Bertz CT molecular complexity index is 1170. The van der Waals surface area contributed by atoms with Gasteiger partial charge in [0, 0.05) is 36.4 Å². The largest absolute Gasteiger partial charge is 0.322 e. The number of nitrogens with zero attached hydrogens (tertiary/aromatic N) is 2. The van der Waals surface area contributed by atoms with Crippen LogP contribution in [0, 0.1) is 5.82 Å². The number of benzene rings is 2. The van der Waals surface area contributed by atoms with Gasteiger partial charge in [-0.25, -0.2) is 9.18 Å². The fourth-order valence-electron chi connectivity index (χ4n) is 4.14. The molecule has 0 unspecified atom stereocenters. The molecule has 0 saturated heterocycles. The number of halogens is 2. The molecule has 0 saturated carbocycles. The predicted octanol–water partition coefficient (Wildman–Crippen LogP) is 4.87. The summed E-state index contributed by atoms with van der Waals surface area (Å²) in [4.78, 5) is 27.3. The molecule has 0 fully saturated rings. The van der Waals surface area contributed by atoms with E-state index in [0.29, 0.717) is 11.1 Å². The lowest BCUT2D eigenvalue weighted by Crippen LogP contribution is -2.38. The van der Waals surface area contributed by atoms with Crippen molar-refractivity contribution in [2.24, 2.45) is 7.05 Å². The van der Waals surface area contributed by atoms with Crippen molar-refractivity contribution in [1.82, 2.24) is 9.47 Å². The Hall–Kier alpha value is -2.86. The number of rotatable bonds is 2. The zero-order valence-electron chi connectivity index (χ0n) is 16.2. The van der Waals surface area contributed by atoms with Gasteiger partial charge in [0.2, 0.25) is 0 Å². The molecule has 5 nitrogen and oxygen atoms in total. The van der Waals surface area contributed by atoms with Gasteiger partial charge in [-0.1, -0.05) is 29.8 Å². The monoisotopic (exact) mass is 413 g/mol. The summed E-state index contributed by atoms with van der Waals surface area (Å²) < 4.78 is 15.1. The van der Waals surface area contributed by atoms with Crippen LogP contribution in [0.2, 0.25) is 5.02 Å². The van der Waals surface area contributed by atoms with Crippen LogP contribution in [0.1, 0.15) is 30.1 Å². The second-order valence-corrected chi connectivity index (χ2v) is 7.76. The maximum atomic E-state index is 13.4. The van der Waals surface area contributed by atoms with Gasteiger partial charge in [0.05, 0.1) is 11.1 Å². The van der Waals surface area contributed by atoms with Crippen LogP contribution in [-0.2, 0) is 13.5 Å². The van der Waals surface area contributed by atoms with Gasteiger partial charge in [-0.2, -0.15) is 0 Å². The van der Waals surface area contributed by atoms with Crippen molar-refractivity contribution in [2.75, 3.05) is 12.4 Å². The first-order valence-electron chi connectivity index (χ1n) is 9.48. The Morgan fingerprint density at radius 3 is 2.69 bits per heavy atom. The number of pyridine rings is 1. The highest BCUT2D eigenvalue weighted by Crippen LogP contribution is 2.37. The highest BCUT2D eigenvalue weighted by atomic mass is 35.5. The molecule has 1 aliphatic carbocycles. The summed E-state index contributed by atoms with van der Waals surface area (Å²) in [5, 5.41) is 4.27. The average Bonchev–Trinajstić information content (AvgIpc) is 2.73. The van der Waals surface area contributed by atoms with Crippen LogP contribution in [-0.4, -0.2) is 22.5 Å². The number of urea groups is 1. The highest BCUT2D eigenvalue weighted by Gasteiger charge is 2.30. The van der Waals surface area contributed by atoms with E-state index < -0.39 is 5.82 Å². The molecular weight excluding hydrogens is 393 g/mol. The van der Waals surface area contributed by atoms with E-state index in [4.69, 9.17) is 11.6 Å². The van der Waals surface area contributed by atoms with E-state index in [9.17, 15) is 14.0 Å². The summed E-state index contributed by atoms with van der Waals surface area (Å²) in [6.07, 6.45) is 2.47. The van der Waals surface area contributed by atoms with E-state index in [0.717, 1.165) is 35.9 Å². The van der Waals surface area contributed by atoms with E-state index >= 15 is 0 Å². The van der Waals surface area contributed by atoms with Gasteiger partial charge in [0.1, 0.15) is 5.82 Å². The highest BCUT2D eigenvalue weighted by molar-refractivity contribution is 6.31. The number of amides is 2. The molecule has 4 rings (SSSR count). The van der Waals surface area contributed by atoms with Gasteiger partial charge >= 0.3 is 6.03 Å². The predicted molar refractivity (Wildman–Crippen MR) is 113 cm³/mol. The lowest BCUT2D eigenvalue weighted by atomic mass is 9.86. The number of carbonyl (C=O) groups is 1. The van der Waals surface area contributed by atoms with Gasteiger partial charge in [0.25, 0.3) is 5.56 Å². The van der Waals surface area contributed by atoms with Crippen molar-refractivity contribution < 1.29 is 9.18 Å². The smallest absolute Gasteiger partial charge is 0.320 e. The molecule has 1 aromatic heterocycles. The van der Waals surface area contributed by atoms with Crippen molar-refractivity contribution in [2.45, 2.75) is 25.3 Å². The fourth-order valence-corrected chi connectivity index (χ4v) is 4.32. The first kappa shape index (κ1) is 19.5. The van der Waals surface area contributed by atoms with Crippen LogP contribution < -0.4 is 10.9 Å². The Balaban J connectivity index is 1.73. The van der Waals surface area contributed by atoms with E-state index in [2.05, 4.69) is 5.32 Å². The van der Waals surface area contributed by atoms with E-state index in [1.54, 1.807) is 23.6 Å². The molecule has 29 heavy (non-hydrogen) atoms. The van der Waals surface area contributed by atoms with Crippen molar-refractivity contribution >= 4 is 34.1 Å². The number of hydrogen-bond donors (Lipinski definition) is 1. The maximum absolute atomic E-state index is 13.4. The molecule has 0 bridgehead atoms. The third-order valence-electron chi connectivity index (χ3n) is 5.65. The summed E-state index contributed by atoms with van der Waals surface area (Å²) in [5.41, 5.74) is 2.39. The Labute approximate surface area is 172 Å². The molecule has 2 amide bonds. The minimum Gasteiger partial charge on any atom is -0.320 e. The van der Waals surface area contributed by atoms with Crippen molar-refractivity contribution in [3.63, 3.8) is 0 Å². The normalized spacial score (nSPS) is 15.8. The molecule has 0 radical (unpaired) electrons. The molecule has 7 heteroatoms. The number of hydrogen-bond acceptors (Lipinski definition) is 2. The van der Waals surface area contributed by atoms with Crippen LogP contribution in [0.25, 0.3) is 10.8 Å². The molecule has 2 aromatic carbocycles. The maximum Gasteiger partial charge on any atom is 0.322 e. The third kappa shape index (κ3) is 3.38. The summed E-state index contributed by atoms with van der Waals surface area (Å²) in [6, 6.07) is 11.1. The van der Waals surface area contributed by atoms with E-state index in [1.165, 1.54) is 18.2 Å². The van der Waals surface area contributed by atoms with Crippen LogP contribution in [0.15, 0.2) is 47.3 Å². The average molecular weight is 414 g/mol. The molecule has 0 aliphatic heterocycles. The molecule has 150 valence electrons. The topological polar surface area (TPSA) is 54.3 Å². The van der Waals surface area contributed by atoms with Gasteiger partial charge in [-0.15, -0.1) is 0 Å². The molecule has 1 heterocycles. The minimum atomic E-state index is -0.536. The quantitative estimate of drug-likeness (QED) is 0.651. The molecule has 1 atom stereocenters.